The molecule has 4 heteroatoms. The molecule has 2 aromatic rings. The van der Waals surface area contributed by atoms with Crippen molar-refractivity contribution in [1.29, 1.82) is 0 Å². The summed E-state index contributed by atoms with van der Waals surface area (Å²) in [4.78, 5) is 23.8. The summed E-state index contributed by atoms with van der Waals surface area (Å²) in [5.74, 6) is 0.0668. The Balaban J connectivity index is 2.62. The highest BCUT2D eigenvalue weighted by Gasteiger charge is 2.52. The van der Waals surface area contributed by atoms with Gasteiger partial charge in [-0.3, -0.25) is 0 Å². The predicted molar refractivity (Wildman–Crippen MR) is 133 cm³/mol. The number of carbonyl (C=O) groups is 2. The van der Waals surface area contributed by atoms with Crippen LogP contribution < -0.4 is 9.47 Å². The minimum Gasteiger partial charge on any atom is -0.423 e. The van der Waals surface area contributed by atoms with Gasteiger partial charge in [-0.1, -0.05) is 79.0 Å². The van der Waals surface area contributed by atoms with Gasteiger partial charge in [-0.05, 0) is 60.1 Å². The summed E-state index contributed by atoms with van der Waals surface area (Å²) in [6.45, 7) is 23.9. The number of hydrogen-bond donors (Lipinski definition) is 0. The van der Waals surface area contributed by atoms with E-state index in [1.165, 1.54) is 0 Å². The standard InChI is InChI=1S/C29H36O4/c1-19(2)25(30)32-23-15-11-21(12-16-23)29(27(5,6)7,28(8,9)10)22-13-17-24(18-14-22)33-26(31)20(3)4/h11-18H,1,3H2,2,4-10H3. The zero-order valence-electron chi connectivity index (χ0n) is 21.2. The summed E-state index contributed by atoms with van der Waals surface area (Å²) < 4.78 is 10.8. The van der Waals surface area contributed by atoms with Gasteiger partial charge in [0.15, 0.2) is 0 Å². The molecule has 0 saturated heterocycles. The molecule has 33 heavy (non-hydrogen) atoms. The Morgan fingerprint density at radius 3 is 1.09 bits per heavy atom. The molecule has 4 nitrogen and oxygen atoms in total. The van der Waals surface area contributed by atoms with E-state index in [-0.39, 0.29) is 10.8 Å². The quantitative estimate of drug-likeness (QED) is 0.270. The van der Waals surface area contributed by atoms with E-state index < -0.39 is 17.4 Å². The van der Waals surface area contributed by atoms with Gasteiger partial charge in [0.2, 0.25) is 0 Å². The van der Waals surface area contributed by atoms with Crippen LogP contribution in [-0.2, 0) is 15.0 Å². The molecule has 0 aliphatic heterocycles. The van der Waals surface area contributed by atoms with Crippen molar-refractivity contribution in [2.24, 2.45) is 10.8 Å². The van der Waals surface area contributed by atoms with Crippen molar-refractivity contribution in [3.63, 3.8) is 0 Å². The lowest BCUT2D eigenvalue weighted by Gasteiger charge is -2.55. The zero-order chi connectivity index (χ0) is 25.2. The SMILES string of the molecule is C=C(C)C(=O)Oc1ccc(C(c2ccc(OC(=O)C(=C)C)cc2)(C(C)(C)C)C(C)(C)C)cc1. The third-order valence-corrected chi connectivity index (χ3v) is 5.94. The van der Waals surface area contributed by atoms with Crippen molar-refractivity contribution in [2.45, 2.75) is 60.8 Å². The molecule has 0 aliphatic carbocycles. The fourth-order valence-corrected chi connectivity index (χ4v) is 4.96. The van der Waals surface area contributed by atoms with Gasteiger partial charge in [0.05, 0.1) is 0 Å². The first-order valence-electron chi connectivity index (χ1n) is 11.1. The van der Waals surface area contributed by atoms with Crippen molar-refractivity contribution < 1.29 is 19.1 Å². The van der Waals surface area contributed by atoms with Crippen molar-refractivity contribution in [3.8, 4) is 11.5 Å². The maximum atomic E-state index is 11.9. The molecule has 2 rings (SSSR count). The average molecular weight is 449 g/mol. The van der Waals surface area contributed by atoms with Gasteiger partial charge in [0.1, 0.15) is 11.5 Å². The second-order valence-corrected chi connectivity index (χ2v) is 10.6. The Bertz CT molecular complexity index is 955. The number of ether oxygens (including phenoxy) is 2. The minimum absolute atomic E-state index is 0.183. The fourth-order valence-electron chi connectivity index (χ4n) is 4.96. The number of esters is 2. The van der Waals surface area contributed by atoms with Gasteiger partial charge in [-0.2, -0.15) is 0 Å². The van der Waals surface area contributed by atoms with Crippen LogP contribution in [0.15, 0.2) is 72.8 Å². The van der Waals surface area contributed by atoms with Crippen LogP contribution in [0.25, 0.3) is 0 Å². The molecule has 0 atom stereocenters. The molecule has 0 unspecified atom stereocenters. The summed E-state index contributed by atoms with van der Waals surface area (Å²) >= 11 is 0. The lowest BCUT2D eigenvalue weighted by molar-refractivity contribution is -0.130. The van der Waals surface area contributed by atoms with Crippen molar-refractivity contribution in [1.82, 2.24) is 0 Å². The first-order valence-corrected chi connectivity index (χ1v) is 11.1. The second-order valence-electron chi connectivity index (χ2n) is 10.6. The fraction of sp³-hybridized carbons (Fsp3) is 0.379. The van der Waals surface area contributed by atoms with Gasteiger partial charge >= 0.3 is 11.9 Å². The zero-order valence-corrected chi connectivity index (χ0v) is 21.2. The van der Waals surface area contributed by atoms with E-state index in [0.29, 0.717) is 22.6 Å². The average Bonchev–Trinajstić information content (AvgIpc) is 2.68. The third kappa shape index (κ3) is 5.27. The van der Waals surface area contributed by atoms with Crippen LogP contribution in [0.5, 0.6) is 11.5 Å². The van der Waals surface area contributed by atoms with Gasteiger partial charge in [-0.25, -0.2) is 9.59 Å². The van der Waals surface area contributed by atoms with Crippen LogP contribution in [0.2, 0.25) is 0 Å². The largest absolute Gasteiger partial charge is 0.423 e. The highest BCUT2D eigenvalue weighted by atomic mass is 16.5. The van der Waals surface area contributed by atoms with Crippen LogP contribution in [-0.4, -0.2) is 11.9 Å². The maximum Gasteiger partial charge on any atom is 0.338 e. The Labute approximate surface area is 198 Å². The molecule has 0 spiro atoms. The molecule has 0 aromatic heterocycles. The van der Waals surface area contributed by atoms with Gasteiger partial charge in [0.25, 0.3) is 0 Å². The number of rotatable bonds is 6. The van der Waals surface area contributed by atoms with E-state index in [0.717, 1.165) is 11.1 Å². The van der Waals surface area contributed by atoms with Crippen molar-refractivity contribution in [2.75, 3.05) is 0 Å². The molecule has 0 N–H and O–H groups in total. The summed E-state index contributed by atoms with van der Waals surface area (Å²) in [7, 11) is 0. The minimum atomic E-state index is -0.444. The Hall–Kier alpha value is -3.14. The Morgan fingerprint density at radius 1 is 0.606 bits per heavy atom. The van der Waals surface area contributed by atoms with Crippen LogP contribution in [0.1, 0.15) is 66.5 Å². The summed E-state index contributed by atoms with van der Waals surface area (Å²) in [6, 6.07) is 15.4. The normalized spacial score (nSPS) is 12.1. The molecular weight excluding hydrogens is 412 g/mol. The Kier molecular flexibility index (Phi) is 7.43. The first-order chi connectivity index (χ1) is 15.1. The maximum absolute atomic E-state index is 11.9. The molecule has 2 aromatic carbocycles. The molecule has 0 saturated carbocycles. The number of carbonyl (C=O) groups excluding carboxylic acids is 2. The highest BCUT2D eigenvalue weighted by Crippen LogP contribution is 2.57. The van der Waals surface area contributed by atoms with E-state index in [1.54, 1.807) is 13.8 Å². The van der Waals surface area contributed by atoms with E-state index in [2.05, 4.69) is 54.7 Å². The predicted octanol–water partition coefficient (Wildman–Crippen LogP) is 7.03. The summed E-state index contributed by atoms with van der Waals surface area (Å²) in [6.07, 6.45) is 0. The van der Waals surface area contributed by atoms with Gasteiger partial charge in [0, 0.05) is 16.6 Å². The molecule has 0 bridgehead atoms. The molecule has 0 fully saturated rings. The summed E-state index contributed by atoms with van der Waals surface area (Å²) in [5, 5.41) is 0. The van der Waals surface area contributed by atoms with Crippen LogP contribution in [0.4, 0.5) is 0 Å². The van der Waals surface area contributed by atoms with Crippen LogP contribution in [0, 0.1) is 10.8 Å². The molecule has 0 amide bonds. The molecule has 176 valence electrons. The van der Waals surface area contributed by atoms with Crippen LogP contribution >= 0.6 is 0 Å². The summed E-state index contributed by atoms with van der Waals surface area (Å²) in [5.41, 5.74) is 2.13. The molecule has 0 aliphatic rings. The topological polar surface area (TPSA) is 52.6 Å². The highest BCUT2D eigenvalue weighted by molar-refractivity contribution is 5.89. The lowest BCUT2D eigenvalue weighted by atomic mass is 9.48. The monoisotopic (exact) mass is 448 g/mol. The van der Waals surface area contributed by atoms with Gasteiger partial charge in [-0.15, -0.1) is 0 Å². The lowest BCUT2D eigenvalue weighted by Crippen LogP contribution is -2.51. The van der Waals surface area contributed by atoms with Crippen LogP contribution in [0.3, 0.4) is 0 Å². The second kappa shape index (κ2) is 9.38. The number of hydrogen-bond acceptors (Lipinski definition) is 4. The van der Waals surface area contributed by atoms with E-state index in [4.69, 9.17) is 9.47 Å². The first kappa shape index (κ1) is 26.1. The molecule has 0 radical (unpaired) electrons. The van der Waals surface area contributed by atoms with Crippen molar-refractivity contribution >= 4 is 11.9 Å². The molecule has 0 heterocycles. The third-order valence-electron chi connectivity index (χ3n) is 5.94. The van der Waals surface area contributed by atoms with Gasteiger partial charge < -0.3 is 9.47 Å². The smallest absolute Gasteiger partial charge is 0.338 e. The van der Waals surface area contributed by atoms with E-state index >= 15 is 0 Å². The van der Waals surface area contributed by atoms with E-state index in [1.807, 2.05) is 48.5 Å². The number of benzene rings is 2. The van der Waals surface area contributed by atoms with Crippen molar-refractivity contribution in [3.05, 3.63) is 84.0 Å². The molecular formula is C29H36O4. The van der Waals surface area contributed by atoms with E-state index in [9.17, 15) is 9.59 Å². The Morgan fingerprint density at radius 2 is 0.879 bits per heavy atom.